The molecule has 1 heterocycles. The van der Waals surface area contributed by atoms with Crippen molar-refractivity contribution in [2.75, 3.05) is 11.5 Å². The number of benzene rings is 1. The van der Waals surface area contributed by atoms with Crippen molar-refractivity contribution in [2.24, 2.45) is 5.41 Å². The fourth-order valence-electron chi connectivity index (χ4n) is 3.32. The van der Waals surface area contributed by atoms with Crippen LogP contribution in [-0.2, 0) is 9.93 Å². The number of aryl methyl sites for hydroxylation is 1. The lowest BCUT2D eigenvalue weighted by Gasteiger charge is -2.37. The molecule has 3 heteroatoms. The summed E-state index contributed by atoms with van der Waals surface area (Å²) in [5, 5.41) is -0.333. The maximum absolute atomic E-state index is 13.2. The fourth-order valence-corrected chi connectivity index (χ4v) is 7.56. The summed E-state index contributed by atoms with van der Waals surface area (Å²) < 4.78 is 13.2. The number of carbonyl (C=O) groups is 1. The molecule has 0 saturated carbocycles. The van der Waals surface area contributed by atoms with Crippen LogP contribution in [0.2, 0.25) is 0 Å². The van der Waals surface area contributed by atoms with Gasteiger partial charge in [0.25, 0.3) is 0 Å². The third kappa shape index (κ3) is 3.03. The summed E-state index contributed by atoms with van der Waals surface area (Å²) in [5.74, 6) is 1.56. The van der Waals surface area contributed by atoms with Crippen LogP contribution in [0.25, 0.3) is 0 Å². The van der Waals surface area contributed by atoms with Gasteiger partial charge < -0.3 is 0 Å². The smallest absolute Gasteiger partial charge is 0.176 e. The van der Waals surface area contributed by atoms with E-state index in [2.05, 4.69) is 0 Å². The monoisotopic (exact) mass is 294 g/mol. The van der Waals surface area contributed by atoms with Crippen molar-refractivity contribution in [3.05, 3.63) is 35.4 Å². The van der Waals surface area contributed by atoms with Gasteiger partial charge in [-0.25, -0.2) is 0 Å². The Balaban J connectivity index is 2.39. The lowest BCUT2D eigenvalue weighted by atomic mass is 9.87. The van der Waals surface area contributed by atoms with Crippen LogP contribution < -0.4 is 0 Å². The first-order valence-corrected chi connectivity index (χ1v) is 9.57. The van der Waals surface area contributed by atoms with Crippen molar-refractivity contribution in [1.82, 2.24) is 0 Å². The number of Topliss-reactive ketones (excluding diaryl/α,β-unsaturated/α-hetero) is 1. The molecule has 1 fully saturated rings. The fraction of sp³-hybridized carbons (Fsp3) is 0.588. The first-order chi connectivity index (χ1) is 9.24. The Kier molecular flexibility index (Phi) is 4.19. The van der Waals surface area contributed by atoms with E-state index in [1.165, 1.54) is 0 Å². The molecule has 20 heavy (non-hydrogen) atoms. The van der Waals surface area contributed by atoms with E-state index >= 15 is 0 Å². The minimum absolute atomic E-state index is 0.0720. The van der Waals surface area contributed by atoms with E-state index in [4.69, 9.17) is 0 Å². The second kappa shape index (κ2) is 5.44. The summed E-state index contributed by atoms with van der Waals surface area (Å²) in [7, 11) is -2.38. The minimum atomic E-state index is -2.38. The topological polar surface area (TPSA) is 34.1 Å². The highest BCUT2D eigenvalue weighted by atomic mass is 32.2. The zero-order chi connectivity index (χ0) is 15.0. The molecule has 0 radical (unpaired) electrons. The summed E-state index contributed by atoms with van der Waals surface area (Å²) in [6, 6.07) is 7.66. The number of hydrogen-bond acceptors (Lipinski definition) is 2. The number of hydrogen-bond donors (Lipinski definition) is 1. The molecule has 1 aliphatic heterocycles. The standard InChI is InChI=1S/C17H26O2S/c1-13-7-9-14(10-8-13)15(18)16(17(2,3)4)20(19)11-5-6-12-20/h7-10,16,20H,5-6,11-12H2,1-4H3. The summed E-state index contributed by atoms with van der Waals surface area (Å²) in [6.07, 6.45) is 2.01. The lowest BCUT2D eigenvalue weighted by molar-refractivity contribution is 0.0947. The number of ketones is 1. The van der Waals surface area contributed by atoms with Gasteiger partial charge in [-0.05, 0) is 25.2 Å². The van der Waals surface area contributed by atoms with Gasteiger partial charge >= 0.3 is 0 Å². The predicted octanol–water partition coefficient (Wildman–Crippen LogP) is 3.40. The largest absolute Gasteiger partial charge is 0.293 e. The van der Waals surface area contributed by atoms with Crippen LogP contribution >= 0.6 is 0 Å². The molecule has 0 aliphatic carbocycles. The van der Waals surface area contributed by atoms with Gasteiger partial charge in [-0.2, -0.15) is 0 Å². The van der Waals surface area contributed by atoms with Crippen molar-refractivity contribution in [2.45, 2.75) is 45.8 Å². The molecule has 1 unspecified atom stereocenters. The van der Waals surface area contributed by atoms with Crippen molar-refractivity contribution in [3.63, 3.8) is 0 Å². The van der Waals surface area contributed by atoms with E-state index in [1.807, 2.05) is 52.0 Å². The van der Waals surface area contributed by atoms with Crippen LogP contribution in [0.15, 0.2) is 24.3 Å². The Morgan fingerprint density at radius 2 is 1.60 bits per heavy atom. The summed E-state index contributed by atoms with van der Waals surface area (Å²) in [4.78, 5) is 12.9. The van der Waals surface area contributed by atoms with Gasteiger partial charge in [-0.3, -0.25) is 9.00 Å². The lowest BCUT2D eigenvalue weighted by Crippen LogP contribution is -2.46. The van der Waals surface area contributed by atoms with Crippen molar-refractivity contribution < 1.29 is 9.00 Å². The highest BCUT2D eigenvalue weighted by molar-refractivity contribution is 8.04. The van der Waals surface area contributed by atoms with Crippen LogP contribution in [0.3, 0.4) is 0 Å². The quantitative estimate of drug-likeness (QED) is 0.685. The third-order valence-corrected chi connectivity index (χ3v) is 8.30. The van der Waals surface area contributed by atoms with E-state index in [-0.39, 0.29) is 16.4 Å². The molecule has 1 aliphatic rings. The van der Waals surface area contributed by atoms with E-state index in [0.717, 1.165) is 29.9 Å². The molecule has 1 atom stereocenters. The number of thiol groups is 1. The van der Waals surface area contributed by atoms with Gasteiger partial charge in [0.15, 0.2) is 5.78 Å². The molecule has 0 aromatic heterocycles. The Labute approximate surface area is 123 Å². The number of rotatable bonds is 3. The van der Waals surface area contributed by atoms with Crippen molar-refractivity contribution in [3.8, 4) is 0 Å². The zero-order valence-electron chi connectivity index (χ0n) is 13.0. The molecule has 2 rings (SSSR count). The molecule has 2 nitrogen and oxygen atoms in total. The summed E-state index contributed by atoms with van der Waals surface area (Å²) >= 11 is 0. The molecular weight excluding hydrogens is 268 g/mol. The molecule has 112 valence electrons. The van der Waals surface area contributed by atoms with E-state index in [1.54, 1.807) is 0 Å². The summed E-state index contributed by atoms with van der Waals surface area (Å²) in [6.45, 7) is 8.14. The first kappa shape index (κ1) is 15.4. The molecule has 1 saturated heterocycles. The zero-order valence-corrected chi connectivity index (χ0v) is 13.9. The van der Waals surface area contributed by atoms with Crippen molar-refractivity contribution in [1.29, 1.82) is 0 Å². The third-order valence-electron chi connectivity index (χ3n) is 4.20. The molecular formula is C17H26O2S. The van der Waals surface area contributed by atoms with Gasteiger partial charge in [0.1, 0.15) is 0 Å². The molecule has 0 amide bonds. The van der Waals surface area contributed by atoms with Crippen LogP contribution in [0.4, 0.5) is 0 Å². The maximum Gasteiger partial charge on any atom is 0.176 e. The minimum Gasteiger partial charge on any atom is -0.293 e. The second-order valence-electron chi connectivity index (χ2n) is 7.11. The maximum atomic E-state index is 13.2. The van der Waals surface area contributed by atoms with Crippen LogP contribution in [0.1, 0.15) is 49.5 Å². The van der Waals surface area contributed by atoms with E-state index in [0.29, 0.717) is 5.56 Å². The van der Waals surface area contributed by atoms with Crippen molar-refractivity contribution >= 4 is 15.7 Å². The molecule has 0 N–H and O–H groups in total. The Hall–Kier alpha value is -0.960. The molecule has 1 aromatic rings. The van der Waals surface area contributed by atoms with Gasteiger partial charge in [0.05, 0.1) is 5.25 Å². The van der Waals surface area contributed by atoms with E-state index in [9.17, 15) is 9.00 Å². The summed E-state index contributed by atoms with van der Waals surface area (Å²) in [5.41, 5.74) is 1.60. The molecule has 0 bridgehead atoms. The Bertz CT molecular complexity index is 527. The highest BCUT2D eigenvalue weighted by Gasteiger charge is 2.43. The second-order valence-corrected chi connectivity index (χ2v) is 10.4. The first-order valence-electron chi connectivity index (χ1n) is 7.43. The van der Waals surface area contributed by atoms with Gasteiger partial charge in [-0.1, -0.05) is 60.5 Å². The average molecular weight is 294 g/mol. The number of carbonyl (C=O) groups excluding carboxylic acids is 1. The SMILES string of the molecule is Cc1ccc(C(=O)C(C(C)(C)C)[SH]2(=O)CCCC2)cc1. The Morgan fingerprint density at radius 1 is 1.10 bits per heavy atom. The Morgan fingerprint density at radius 3 is 2.05 bits per heavy atom. The van der Waals surface area contributed by atoms with Crippen LogP contribution in [0.5, 0.6) is 0 Å². The van der Waals surface area contributed by atoms with Crippen LogP contribution in [-0.4, -0.2) is 26.7 Å². The van der Waals surface area contributed by atoms with Gasteiger partial charge in [0.2, 0.25) is 0 Å². The molecule has 0 spiro atoms. The van der Waals surface area contributed by atoms with Gasteiger partial charge in [-0.15, -0.1) is 0 Å². The molecule has 1 aromatic carbocycles. The van der Waals surface area contributed by atoms with Gasteiger partial charge in [0, 0.05) is 17.1 Å². The average Bonchev–Trinajstić information content (AvgIpc) is 2.75. The normalized spacial score (nSPS) is 21.4. The predicted molar refractivity (Wildman–Crippen MR) is 87.3 cm³/mol. The highest BCUT2D eigenvalue weighted by Crippen LogP contribution is 2.37. The van der Waals surface area contributed by atoms with E-state index < -0.39 is 9.93 Å². The van der Waals surface area contributed by atoms with Crippen LogP contribution in [0, 0.1) is 12.3 Å².